The van der Waals surface area contributed by atoms with Gasteiger partial charge in [0, 0.05) is 31.3 Å². The van der Waals surface area contributed by atoms with E-state index in [1.165, 1.54) is 20.1 Å². The predicted octanol–water partition coefficient (Wildman–Crippen LogP) is 5.07. The van der Waals surface area contributed by atoms with E-state index >= 15 is 0 Å². The summed E-state index contributed by atoms with van der Waals surface area (Å²) in [4.78, 5) is 27.9. The molecule has 0 atom stereocenters. The van der Waals surface area contributed by atoms with E-state index in [1.54, 1.807) is 48.8 Å². The second-order valence-electron chi connectivity index (χ2n) is 6.85. The van der Waals surface area contributed by atoms with Gasteiger partial charge in [0.1, 0.15) is 12.4 Å². The Balaban J connectivity index is 1.71. The number of ether oxygens (including phenoxy) is 3. The molecule has 0 saturated heterocycles. The smallest absolute Gasteiger partial charge is 0.308 e. The Kier molecular flexibility index (Phi) is 8.00. The Bertz CT molecular complexity index is 1130. The number of carbonyl (C=O) groups excluding carboxylic acids is 2. The Morgan fingerprint density at radius 1 is 1.06 bits per heavy atom. The van der Waals surface area contributed by atoms with E-state index in [1.807, 2.05) is 18.2 Å². The molecule has 0 saturated carbocycles. The molecule has 164 valence electrons. The van der Waals surface area contributed by atoms with Crippen LogP contribution in [0.1, 0.15) is 23.6 Å². The van der Waals surface area contributed by atoms with Crippen molar-refractivity contribution >= 4 is 29.4 Å². The van der Waals surface area contributed by atoms with Crippen LogP contribution in [-0.2, 0) is 22.6 Å². The third-order valence-electron chi connectivity index (χ3n) is 4.45. The summed E-state index contributed by atoms with van der Waals surface area (Å²) in [5, 5.41) is 0.439. The SMILES string of the molecule is COc1ccc(/C=C/C(=O)Cc2cccc(Cl)c2OCc2ccncc2)cc1OC(C)=O. The summed E-state index contributed by atoms with van der Waals surface area (Å²) < 4.78 is 16.2. The highest BCUT2D eigenvalue weighted by atomic mass is 35.5. The Labute approximate surface area is 191 Å². The van der Waals surface area contributed by atoms with Crippen LogP contribution >= 0.6 is 11.6 Å². The maximum Gasteiger partial charge on any atom is 0.308 e. The van der Waals surface area contributed by atoms with Crippen LogP contribution in [0.5, 0.6) is 17.2 Å². The van der Waals surface area contributed by atoms with Gasteiger partial charge >= 0.3 is 5.97 Å². The lowest BCUT2D eigenvalue weighted by atomic mass is 10.1. The average Bonchev–Trinajstić information content (AvgIpc) is 2.78. The first-order valence-corrected chi connectivity index (χ1v) is 10.2. The lowest BCUT2D eigenvalue weighted by Gasteiger charge is -2.12. The van der Waals surface area contributed by atoms with Crippen LogP contribution in [0.4, 0.5) is 0 Å². The molecule has 32 heavy (non-hydrogen) atoms. The molecule has 2 aromatic carbocycles. The second-order valence-corrected chi connectivity index (χ2v) is 7.26. The maximum atomic E-state index is 12.6. The summed E-state index contributed by atoms with van der Waals surface area (Å²) in [5.74, 6) is 0.607. The fourth-order valence-corrected chi connectivity index (χ4v) is 3.20. The van der Waals surface area contributed by atoms with Crippen LogP contribution in [0, 0.1) is 0 Å². The molecule has 0 radical (unpaired) electrons. The molecule has 1 aromatic heterocycles. The topological polar surface area (TPSA) is 74.7 Å². The molecule has 0 bridgehead atoms. The third-order valence-corrected chi connectivity index (χ3v) is 4.75. The molecule has 3 rings (SSSR count). The van der Waals surface area contributed by atoms with Crippen LogP contribution in [0.3, 0.4) is 0 Å². The van der Waals surface area contributed by atoms with Gasteiger partial charge in [-0.2, -0.15) is 0 Å². The van der Waals surface area contributed by atoms with Gasteiger partial charge in [-0.25, -0.2) is 0 Å². The molecule has 7 heteroatoms. The number of esters is 1. The van der Waals surface area contributed by atoms with Gasteiger partial charge in [0.15, 0.2) is 17.3 Å². The summed E-state index contributed by atoms with van der Waals surface area (Å²) in [6, 6.07) is 14.1. The number of pyridine rings is 1. The van der Waals surface area contributed by atoms with E-state index in [0.717, 1.165) is 5.56 Å². The number of aromatic nitrogens is 1. The van der Waals surface area contributed by atoms with E-state index in [2.05, 4.69) is 4.98 Å². The number of nitrogens with zero attached hydrogens (tertiary/aromatic N) is 1. The highest BCUT2D eigenvalue weighted by Crippen LogP contribution is 2.31. The van der Waals surface area contributed by atoms with Gasteiger partial charge in [-0.05, 0) is 47.5 Å². The summed E-state index contributed by atoms with van der Waals surface area (Å²) in [5.41, 5.74) is 2.33. The van der Waals surface area contributed by atoms with Crippen molar-refractivity contribution in [1.82, 2.24) is 4.98 Å². The zero-order valence-electron chi connectivity index (χ0n) is 17.7. The summed E-state index contributed by atoms with van der Waals surface area (Å²) in [6.07, 6.45) is 6.61. The molecule has 3 aromatic rings. The number of allylic oxidation sites excluding steroid dienone is 1. The summed E-state index contributed by atoms with van der Waals surface area (Å²) in [7, 11) is 1.49. The van der Waals surface area contributed by atoms with E-state index < -0.39 is 5.97 Å². The van der Waals surface area contributed by atoms with Crippen molar-refractivity contribution < 1.29 is 23.8 Å². The first kappa shape index (κ1) is 23.0. The van der Waals surface area contributed by atoms with Crippen LogP contribution in [0.15, 0.2) is 67.0 Å². The highest BCUT2D eigenvalue weighted by Gasteiger charge is 2.12. The second kappa shape index (κ2) is 11.1. The third kappa shape index (κ3) is 6.43. The first-order valence-electron chi connectivity index (χ1n) is 9.82. The van der Waals surface area contributed by atoms with Crippen molar-refractivity contribution in [2.45, 2.75) is 20.0 Å². The van der Waals surface area contributed by atoms with E-state index in [9.17, 15) is 9.59 Å². The number of hydrogen-bond acceptors (Lipinski definition) is 6. The number of para-hydroxylation sites is 1. The fraction of sp³-hybridized carbons (Fsp3) is 0.160. The average molecular weight is 452 g/mol. The van der Waals surface area contributed by atoms with Crippen LogP contribution in [0.25, 0.3) is 6.08 Å². The molecule has 0 fully saturated rings. The number of ketones is 1. The van der Waals surface area contributed by atoms with Crippen LogP contribution in [0.2, 0.25) is 5.02 Å². The molecule has 0 aliphatic carbocycles. The standard InChI is InChI=1S/C25H22ClNO5/c1-17(28)32-24-14-18(7-9-23(24)30-2)6-8-21(29)15-20-4-3-5-22(26)25(20)31-16-19-10-12-27-13-11-19/h3-14H,15-16H2,1-2H3/b8-6+. The van der Waals surface area contributed by atoms with E-state index in [4.69, 9.17) is 25.8 Å². The van der Waals surface area contributed by atoms with E-state index in [0.29, 0.717) is 34.3 Å². The molecule has 0 aliphatic rings. The number of carbonyl (C=O) groups is 2. The predicted molar refractivity (Wildman–Crippen MR) is 122 cm³/mol. The molecule has 1 heterocycles. The van der Waals surface area contributed by atoms with Gasteiger partial charge < -0.3 is 14.2 Å². The minimum absolute atomic E-state index is 0.121. The summed E-state index contributed by atoms with van der Waals surface area (Å²) >= 11 is 6.32. The van der Waals surface area contributed by atoms with Crippen molar-refractivity contribution in [3.8, 4) is 17.2 Å². The zero-order chi connectivity index (χ0) is 22.9. The fourth-order valence-electron chi connectivity index (χ4n) is 2.96. The Morgan fingerprint density at radius 3 is 2.56 bits per heavy atom. The number of benzene rings is 2. The molecular formula is C25H22ClNO5. The molecule has 6 nitrogen and oxygen atoms in total. The van der Waals surface area contributed by atoms with Gasteiger partial charge in [0.25, 0.3) is 0 Å². The minimum atomic E-state index is -0.458. The van der Waals surface area contributed by atoms with Gasteiger partial charge in [-0.1, -0.05) is 35.9 Å². The Hall–Kier alpha value is -3.64. The normalized spacial score (nSPS) is 10.7. The maximum absolute atomic E-state index is 12.6. The van der Waals surface area contributed by atoms with Crippen molar-refractivity contribution in [1.29, 1.82) is 0 Å². The molecule has 0 amide bonds. The first-order chi connectivity index (χ1) is 15.5. The van der Waals surface area contributed by atoms with Crippen LogP contribution in [-0.4, -0.2) is 23.8 Å². The van der Waals surface area contributed by atoms with Crippen molar-refractivity contribution in [2.24, 2.45) is 0 Å². The number of methoxy groups -OCH3 is 1. The molecule has 0 aliphatic heterocycles. The molecule has 0 unspecified atom stereocenters. The van der Waals surface area contributed by atoms with Gasteiger partial charge in [0.2, 0.25) is 0 Å². The molecule has 0 N–H and O–H groups in total. The van der Waals surface area contributed by atoms with Crippen molar-refractivity contribution in [3.63, 3.8) is 0 Å². The number of hydrogen-bond donors (Lipinski definition) is 0. The van der Waals surface area contributed by atoms with Crippen LogP contribution < -0.4 is 14.2 Å². The van der Waals surface area contributed by atoms with Gasteiger partial charge in [-0.15, -0.1) is 0 Å². The number of rotatable bonds is 9. The lowest BCUT2D eigenvalue weighted by molar-refractivity contribution is -0.132. The van der Waals surface area contributed by atoms with Crippen molar-refractivity contribution in [2.75, 3.05) is 7.11 Å². The monoisotopic (exact) mass is 451 g/mol. The minimum Gasteiger partial charge on any atom is -0.493 e. The molecule has 0 spiro atoms. The van der Waals surface area contributed by atoms with Crippen molar-refractivity contribution in [3.05, 3.63) is 88.7 Å². The van der Waals surface area contributed by atoms with Gasteiger partial charge in [0.05, 0.1) is 12.1 Å². The van der Waals surface area contributed by atoms with E-state index in [-0.39, 0.29) is 18.0 Å². The summed E-state index contributed by atoms with van der Waals surface area (Å²) in [6.45, 7) is 1.62. The lowest BCUT2D eigenvalue weighted by Crippen LogP contribution is -2.04. The number of halogens is 1. The molecular weight excluding hydrogens is 430 g/mol. The van der Waals surface area contributed by atoms with Gasteiger partial charge in [-0.3, -0.25) is 14.6 Å². The largest absolute Gasteiger partial charge is 0.493 e. The quantitative estimate of drug-likeness (QED) is 0.257. The zero-order valence-corrected chi connectivity index (χ0v) is 18.5. The Morgan fingerprint density at radius 2 is 1.84 bits per heavy atom. The highest BCUT2D eigenvalue weighted by molar-refractivity contribution is 6.32.